The maximum absolute atomic E-state index is 5.82. The fourth-order valence-electron chi connectivity index (χ4n) is 2.08. The predicted octanol–water partition coefficient (Wildman–Crippen LogP) is 2.93. The minimum atomic E-state index is 0.0440. The predicted molar refractivity (Wildman–Crippen MR) is 78.6 cm³/mol. The van der Waals surface area contributed by atoms with Crippen molar-refractivity contribution in [2.75, 3.05) is 0 Å². The van der Waals surface area contributed by atoms with E-state index in [-0.39, 0.29) is 6.04 Å². The summed E-state index contributed by atoms with van der Waals surface area (Å²) in [7, 11) is 0. The fourth-order valence-corrected chi connectivity index (χ4v) is 2.08. The monoisotopic (exact) mass is 267 g/mol. The number of pyridine rings is 1. The van der Waals surface area contributed by atoms with Gasteiger partial charge in [-0.15, -0.1) is 0 Å². The van der Waals surface area contributed by atoms with Crippen molar-refractivity contribution < 1.29 is 4.74 Å². The molecule has 0 spiro atoms. The summed E-state index contributed by atoms with van der Waals surface area (Å²) in [6, 6.07) is 13.8. The number of nitrogens with zero attached hydrogens (tertiary/aromatic N) is 2. The molecule has 0 aliphatic carbocycles. The molecule has 3 aromatic rings. The Bertz CT molecular complexity index is 668. The third kappa shape index (κ3) is 2.65. The second-order valence-corrected chi connectivity index (χ2v) is 4.84. The molecule has 0 fully saturated rings. The van der Waals surface area contributed by atoms with Crippen molar-refractivity contribution in [2.45, 2.75) is 19.6 Å². The molecule has 0 amide bonds. The fraction of sp³-hybridized carbons (Fsp3) is 0.188. The molecule has 20 heavy (non-hydrogen) atoms. The smallest absolute Gasteiger partial charge is 0.137 e. The van der Waals surface area contributed by atoms with E-state index in [1.807, 2.05) is 66.2 Å². The lowest BCUT2D eigenvalue weighted by molar-refractivity contribution is 0.302. The lowest BCUT2D eigenvalue weighted by Gasteiger charge is -2.07. The first-order valence-corrected chi connectivity index (χ1v) is 6.63. The molecule has 2 N–H and O–H groups in total. The maximum atomic E-state index is 5.82. The molecule has 2 aromatic heterocycles. The number of hydrogen-bond acceptors (Lipinski definition) is 3. The van der Waals surface area contributed by atoms with Crippen molar-refractivity contribution in [3.05, 3.63) is 66.1 Å². The summed E-state index contributed by atoms with van der Waals surface area (Å²) in [5.41, 5.74) is 8.76. The zero-order chi connectivity index (χ0) is 13.9. The molecule has 1 aromatic carbocycles. The van der Waals surface area contributed by atoms with Crippen LogP contribution in [0.3, 0.4) is 0 Å². The molecule has 1 atom stereocenters. The minimum Gasteiger partial charge on any atom is -0.487 e. The van der Waals surface area contributed by atoms with Gasteiger partial charge in [0.05, 0.1) is 5.69 Å². The molecule has 2 heterocycles. The number of nitrogens with two attached hydrogens (primary N) is 1. The van der Waals surface area contributed by atoms with E-state index in [9.17, 15) is 0 Å². The second kappa shape index (κ2) is 5.35. The van der Waals surface area contributed by atoms with Gasteiger partial charge in [0, 0.05) is 18.4 Å². The quantitative estimate of drug-likeness (QED) is 0.790. The number of rotatable bonds is 4. The molecule has 0 bridgehead atoms. The Hall–Kier alpha value is -2.33. The van der Waals surface area contributed by atoms with Crippen molar-refractivity contribution in [1.29, 1.82) is 0 Å². The van der Waals surface area contributed by atoms with Crippen LogP contribution in [-0.4, -0.2) is 9.38 Å². The van der Waals surface area contributed by atoms with Gasteiger partial charge in [0.15, 0.2) is 0 Å². The second-order valence-electron chi connectivity index (χ2n) is 4.84. The van der Waals surface area contributed by atoms with Gasteiger partial charge in [0.25, 0.3) is 0 Å². The number of imidazole rings is 1. The Morgan fingerprint density at radius 2 is 2.00 bits per heavy atom. The van der Waals surface area contributed by atoms with E-state index in [1.165, 1.54) is 0 Å². The third-order valence-electron chi connectivity index (χ3n) is 3.21. The first-order valence-electron chi connectivity index (χ1n) is 6.63. The molecule has 0 aliphatic rings. The Kier molecular flexibility index (Phi) is 3.39. The van der Waals surface area contributed by atoms with E-state index < -0.39 is 0 Å². The molecule has 0 saturated carbocycles. The van der Waals surface area contributed by atoms with Gasteiger partial charge in [-0.1, -0.05) is 18.2 Å². The van der Waals surface area contributed by atoms with E-state index >= 15 is 0 Å². The van der Waals surface area contributed by atoms with Gasteiger partial charge in [0.1, 0.15) is 18.0 Å². The van der Waals surface area contributed by atoms with Gasteiger partial charge in [0.2, 0.25) is 0 Å². The minimum absolute atomic E-state index is 0.0440. The summed E-state index contributed by atoms with van der Waals surface area (Å²) < 4.78 is 7.72. The Morgan fingerprint density at radius 3 is 2.70 bits per heavy atom. The van der Waals surface area contributed by atoms with E-state index in [0.29, 0.717) is 6.61 Å². The van der Waals surface area contributed by atoms with Crippen LogP contribution in [0.4, 0.5) is 0 Å². The molecule has 0 aliphatic heterocycles. The highest BCUT2D eigenvalue weighted by atomic mass is 16.5. The summed E-state index contributed by atoms with van der Waals surface area (Å²) in [5.74, 6) is 0.825. The summed E-state index contributed by atoms with van der Waals surface area (Å²) in [4.78, 5) is 4.49. The molecule has 102 valence electrons. The van der Waals surface area contributed by atoms with Crippen LogP contribution >= 0.6 is 0 Å². The van der Waals surface area contributed by atoms with Crippen molar-refractivity contribution in [3.8, 4) is 5.75 Å². The van der Waals surface area contributed by atoms with Crippen molar-refractivity contribution >= 4 is 5.65 Å². The van der Waals surface area contributed by atoms with Crippen molar-refractivity contribution in [1.82, 2.24) is 9.38 Å². The van der Waals surface area contributed by atoms with Gasteiger partial charge in [-0.2, -0.15) is 0 Å². The molecule has 0 unspecified atom stereocenters. The van der Waals surface area contributed by atoms with Crippen LogP contribution in [0.25, 0.3) is 5.65 Å². The number of ether oxygens (including phenoxy) is 1. The normalized spacial score (nSPS) is 12.5. The van der Waals surface area contributed by atoms with Crippen molar-refractivity contribution in [3.63, 3.8) is 0 Å². The average Bonchev–Trinajstić information content (AvgIpc) is 2.88. The molecule has 0 radical (unpaired) electrons. The lowest BCUT2D eigenvalue weighted by Crippen LogP contribution is -2.04. The van der Waals surface area contributed by atoms with E-state index in [2.05, 4.69) is 4.98 Å². The summed E-state index contributed by atoms with van der Waals surface area (Å²) in [5, 5.41) is 0. The SMILES string of the molecule is C[C@H](N)c1ccc(OCc2cn3ccccc3n2)cc1. The van der Waals surface area contributed by atoms with Gasteiger partial charge >= 0.3 is 0 Å². The molecular formula is C16H17N3O. The van der Waals surface area contributed by atoms with Gasteiger partial charge < -0.3 is 14.9 Å². The Balaban J connectivity index is 1.69. The zero-order valence-electron chi connectivity index (χ0n) is 11.4. The summed E-state index contributed by atoms with van der Waals surface area (Å²) in [6.07, 6.45) is 3.95. The van der Waals surface area contributed by atoms with Crippen LogP contribution in [0.2, 0.25) is 0 Å². The molecule has 4 heteroatoms. The highest BCUT2D eigenvalue weighted by molar-refractivity contribution is 5.39. The van der Waals surface area contributed by atoms with Gasteiger partial charge in [-0.25, -0.2) is 4.98 Å². The van der Waals surface area contributed by atoms with Gasteiger partial charge in [-0.3, -0.25) is 0 Å². The maximum Gasteiger partial charge on any atom is 0.137 e. The standard InChI is InChI=1S/C16H17N3O/c1-12(17)13-5-7-15(8-6-13)20-11-14-10-19-9-3-2-4-16(19)18-14/h2-10,12H,11,17H2,1H3/t12-/m0/s1. The molecule has 4 nitrogen and oxygen atoms in total. The van der Waals surface area contributed by atoms with E-state index in [0.717, 1.165) is 22.7 Å². The Morgan fingerprint density at radius 1 is 1.20 bits per heavy atom. The number of benzene rings is 1. The molecular weight excluding hydrogens is 250 g/mol. The third-order valence-corrected chi connectivity index (χ3v) is 3.21. The van der Waals surface area contributed by atoms with Crippen LogP contribution in [0, 0.1) is 0 Å². The first kappa shape index (κ1) is 12.7. The summed E-state index contributed by atoms with van der Waals surface area (Å²) in [6.45, 7) is 2.42. The number of aromatic nitrogens is 2. The van der Waals surface area contributed by atoms with Crippen LogP contribution in [0.1, 0.15) is 24.2 Å². The number of fused-ring (bicyclic) bond motifs is 1. The zero-order valence-corrected chi connectivity index (χ0v) is 11.4. The molecule has 3 rings (SSSR count). The van der Waals surface area contributed by atoms with Gasteiger partial charge in [-0.05, 0) is 36.8 Å². The lowest BCUT2D eigenvalue weighted by atomic mass is 10.1. The molecule has 0 saturated heterocycles. The van der Waals surface area contributed by atoms with Crippen LogP contribution in [0.15, 0.2) is 54.9 Å². The summed E-state index contributed by atoms with van der Waals surface area (Å²) >= 11 is 0. The first-order chi connectivity index (χ1) is 9.72. The highest BCUT2D eigenvalue weighted by Crippen LogP contribution is 2.17. The van der Waals surface area contributed by atoms with Crippen LogP contribution in [-0.2, 0) is 6.61 Å². The van der Waals surface area contributed by atoms with Crippen LogP contribution in [0.5, 0.6) is 5.75 Å². The average molecular weight is 267 g/mol. The number of hydrogen-bond donors (Lipinski definition) is 1. The van der Waals surface area contributed by atoms with E-state index in [1.54, 1.807) is 0 Å². The highest BCUT2D eigenvalue weighted by Gasteiger charge is 2.03. The van der Waals surface area contributed by atoms with Crippen molar-refractivity contribution in [2.24, 2.45) is 5.73 Å². The topological polar surface area (TPSA) is 52.5 Å². The van der Waals surface area contributed by atoms with E-state index in [4.69, 9.17) is 10.5 Å². The van der Waals surface area contributed by atoms with Crippen LogP contribution < -0.4 is 10.5 Å². The Labute approximate surface area is 117 Å². The largest absolute Gasteiger partial charge is 0.487 e.